The van der Waals surface area contributed by atoms with Gasteiger partial charge in [0.15, 0.2) is 0 Å². The highest BCUT2D eigenvalue weighted by molar-refractivity contribution is 5.88. The van der Waals surface area contributed by atoms with E-state index in [1.807, 2.05) is 69.3 Å². The summed E-state index contributed by atoms with van der Waals surface area (Å²) in [4.78, 5) is 29.0. The van der Waals surface area contributed by atoms with E-state index in [4.69, 9.17) is 0 Å². The first-order valence-electron chi connectivity index (χ1n) is 13.0. The van der Waals surface area contributed by atoms with Crippen LogP contribution in [0.15, 0.2) is 78.9 Å². The van der Waals surface area contributed by atoms with E-state index in [1.54, 1.807) is 4.90 Å². The molecule has 0 aliphatic heterocycles. The van der Waals surface area contributed by atoms with Crippen LogP contribution in [0.3, 0.4) is 0 Å². The molecule has 2 amide bonds. The number of carbonyl (C=O) groups is 2. The highest BCUT2D eigenvalue weighted by Crippen LogP contribution is 2.19. The van der Waals surface area contributed by atoms with E-state index < -0.39 is 6.04 Å². The van der Waals surface area contributed by atoms with Gasteiger partial charge in [-0.1, -0.05) is 98.3 Å². The fraction of sp³-hybridized carbons (Fsp3) is 0.375. The van der Waals surface area contributed by atoms with E-state index in [1.165, 1.54) is 5.56 Å². The van der Waals surface area contributed by atoms with Crippen LogP contribution in [0.5, 0.6) is 0 Å². The normalized spacial score (nSPS) is 12.0. The number of aryl methyl sites for hydroxylation is 2. The third-order valence-corrected chi connectivity index (χ3v) is 6.41. The summed E-state index contributed by atoms with van der Waals surface area (Å²) >= 11 is 0. The monoisotopic (exact) mass is 484 g/mol. The Hall–Kier alpha value is -3.40. The van der Waals surface area contributed by atoms with Gasteiger partial charge in [0.1, 0.15) is 6.04 Å². The first kappa shape index (κ1) is 27.2. The molecule has 1 atom stereocenters. The molecule has 0 saturated heterocycles. The second-order valence-corrected chi connectivity index (χ2v) is 10.3. The molecular weight excluding hydrogens is 444 g/mol. The molecule has 0 radical (unpaired) electrons. The molecule has 4 heteroatoms. The first-order valence-corrected chi connectivity index (χ1v) is 13.0. The standard InChI is InChI=1S/C32H40N2O2/c1-23(2)29-17-14-26(15-18-29)16-19-31(35)34(22-28-13-9-10-25(5)20-28)30(32(36)33-24(3)4)21-27-11-7-6-8-12-27/h6-15,17-18,20,23-24,30H,16,19,21-22H2,1-5H3,(H,33,36). The molecule has 0 aliphatic carbocycles. The molecule has 3 aromatic carbocycles. The Bertz CT molecular complexity index is 1120. The van der Waals surface area contributed by atoms with Gasteiger partial charge in [-0.15, -0.1) is 0 Å². The Kier molecular flexibility index (Phi) is 9.86. The van der Waals surface area contributed by atoms with Crippen molar-refractivity contribution in [3.63, 3.8) is 0 Å². The van der Waals surface area contributed by atoms with Crippen LogP contribution in [0.4, 0.5) is 0 Å². The van der Waals surface area contributed by atoms with Crippen molar-refractivity contribution in [2.45, 2.75) is 78.4 Å². The lowest BCUT2D eigenvalue weighted by Crippen LogP contribution is -2.51. The second-order valence-electron chi connectivity index (χ2n) is 10.3. The molecule has 0 aromatic heterocycles. The first-order chi connectivity index (χ1) is 17.2. The number of nitrogens with one attached hydrogen (secondary N) is 1. The fourth-order valence-corrected chi connectivity index (χ4v) is 4.41. The maximum absolute atomic E-state index is 13.7. The van der Waals surface area contributed by atoms with Gasteiger partial charge in [0.2, 0.25) is 11.8 Å². The number of carbonyl (C=O) groups excluding carboxylic acids is 2. The van der Waals surface area contributed by atoms with Gasteiger partial charge in [-0.2, -0.15) is 0 Å². The predicted molar refractivity (Wildman–Crippen MR) is 148 cm³/mol. The van der Waals surface area contributed by atoms with E-state index >= 15 is 0 Å². The minimum Gasteiger partial charge on any atom is -0.352 e. The van der Waals surface area contributed by atoms with E-state index in [0.29, 0.717) is 31.7 Å². The summed E-state index contributed by atoms with van der Waals surface area (Å²) in [7, 11) is 0. The van der Waals surface area contributed by atoms with Crippen LogP contribution in [-0.4, -0.2) is 28.8 Å². The van der Waals surface area contributed by atoms with E-state index in [-0.39, 0.29) is 17.9 Å². The topological polar surface area (TPSA) is 49.4 Å². The van der Waals surface area contributed by atoms with Gasteiger partial charge in [0.25, 0.3) is 0 Å². The molecular formula is C32H40N2O2. The fourth-order valence-electron chi connectivity index (χ4n) is 4.41. The Morgan fingerprint density at radius 3 is 2.08 bits per heavy atom. The van der Waals surface area contributed by atoms with Crippen LogP contribution >= 0.6 is 0 Å². The molecule has 190 valence electrons. The predicted octanol–water partition coefficient (Wildman–Crippen LogP) is 6.22. The van der Waals surface area contributed by atoms with Crippen molar-refractivity contribution in [1.29, 1.82) is 0 Å². The van der Waals surface area contributed by atoms with E-state index in [2.05, 4.69) is 49.5 Å². The smallest absolute Gasteiger partial charge is 0.243 e. The average molecular weight is 485 g/mol. The summed E-state index contributed by atoms with van der Waals surface area (Å²) in [5, 5.41) is 3.05. The summed E-state index contributed by atoms with van der Waals surface area (Å²) < 4.78 is 0. The number of hydrogen-bond donors (Lipinski definition) is 1. The highest BCUT2D eigenvalue weighted by Gasteiger charge is 2.30. The minimum absolute atomic E-state index is 0.00818. The van der Waals surface area contributed by atoms with Gasteiger partial charge in [-0.25, -0.2) is 0 Å². The minimum atomic E-state index is -0.592. The highest BCUT2D eigenvalue weighted by atomic mass is 16.2. The van der Waals surface area contributed by atoms with Gasteiger partial charge in [-0.3, -0.25) is 9.59 Å². The van der Waals surface area contributed by atoms with Gasteiger partial charge < -0.3 is 10.2 Å². The maximum Gasteiger partial charge on any atom is 0.243 e. The van der Waals surface area contributed by atoms with Gasteiger partial charge in [0.05, 0.1) is 0 Å². The Morgan fingerprint density at radius 1 is 0.806 bits per heavy atom. The molecule has 0 aliphatic rings. The van der Waals surface area contributed by atoms with E-state index in [0.717, 1.165) is 22.3 Å². The Labute approximate surface area is 216 Å². The molecule has 0 spiro atoms. The third-order valence-electron chi connectivity index (χ3n) is 6.41. The molecule has 0 bridgehead atoms. The molecule has 1 unspecified atom stereocenters. The Balaban J connectivity index is 1.88. The molecule has 0 heterocycles. The average Bonchev–Trinajstić information content (AvgIpc) is 2.85. The zero-order chi connectivity index (χ0) is 26.1. The van der Waals surface area contributed by atoms with Crippen LogP contribution in [0.1, 0.15) is 67.9 Å². The number of benzene rings is 3. The van der Waals surface area contributed by atoms with Crippen molar-refractivity contribution in [3.8, 4) is 0 Å². The van der Waals surface area contributed by atoms with Crippen LogP contribution < -0.4 is 5.32 Å². The third kappa shape index (κ3) is 8.08. The lowest BCUT2D eigenvalue weighted by Gasteiger charge is -2.32. The zero-order valence-corrected chi connectivity index (χ0v) is 22.3. The van der Waals surface area contributed by atoms with Crippen molar-refractivity contribution in [2.75, 3.05) is 0 Å². The quantitative estimate of drug-likeness (QED) is 0.351. The lowest BCUT2D eigenvalue weighted by molar-refractivity contribution is -0.141. The van der Waals surface area contributed by atoms with Crippen molar-refractivity contribution in [3.05, 3.63) is 107 Å². The summed E-state index contributed by atoms with van der Waals surface area (Å²) in [6, 6.07) is 26.0. The lowest BCUT2D eigenvalue weighted by atomic mass is 9.99. The molecule has 4 nitrogen and oxygen atoms in total. The summed E-state index contributed by atoms with van der Waals surface area (Å²) in [5.41, 5.74) is 5.62. The number of hydrogen-bond acceptors (Lipinski definition) is 2. The van der Waals surface area contributed by atoms with Gasteiger partial charge >= 0.3 is 0 Å². The zero-order valence-electron chi connectivity index (χ0n) is 22.3. The van der Waals surface area contributed by atoms with Crippen LogP contribution in [0.25, 0.3) is 0 Å². The number of nitrogens with zero attached hydrogens (tertiary/aromatic N) is 1. The Morgan fingerprint density at radius 2 is 1.47 bits per heavy atom. The molecule has 1 N–H and O–H groups in total. The molecule has 0 saturated carbocycles. The summed E-state index contributed by atoms with van der Waals surface area (Å²) in [6.07, 6.45) is 1.47. The molecule has 3 aromatic rings. The van der Waals surface area contributed by atoms with Gasteiger partial charge in [0, 0.05) is 25.4 Å². The van der Waals surface area contributed by atoms with Crippen molar-refractivity contribution < 1.29 is 9.59 Å². The largest absolute Gasteiger partial charge is 0.352 e. The molecule has 3 rings (SSSR count). The SMILES string of the molecule is Cc1cccc(CN(C(=O)CCc2ccc(C(C)C)cc2)C(Cc2ccccc2)C(=O)NC(C)C)c1. The van der Waals surface area contributed by atoms with Crippen LogP contribution in [0, 0.1) is 6.92 Å². The number of rotatable bonds is 11. The summed E-state index contributed by atoms with van der Waals surface area (Å²) in [6.45, 7) is 10.7. The van der Waals surface area contributed by atoms with Crippen molar-refractivity contribution in [2.24, 2.45) is 0 Å². The second kappa shape index (κ2) is 13.1. The molecule has 36 heavy (non-hydrogen) atoms. The van der Waals surface area contributed by atoms with Crippen LogP contribution in [0.2, 0.25) is 0 Å². The van der Waals surface area contributed by atoms with E-state index in [9.17, 15) is 9.59 Å². The summed E-state index contributed by atoms with van der Waals surface area (Å²) in [5.74, 6) is 0.351. The van der Waals surface area contributed by atoms with Crippen LogP contribution in [-0.2, 0) is 29.0 Å². The number of amides is 2. The molecule has 0 fully saturated rings. The van der Waals surface area contributed by atoms with Crippen molar-refractivity contribution >= 4 is 11.8 Å². The van der Waals surface area contributed by atoms with Gasteiger partial charge in [-0.05, 0) is 55.4 Å². The maximum atomic E-state index is 13.7. The van der Waals surface area contributed by atoms with Crippen molar-refractivity contribution in [1.82, 2.24) is 10.2 Å².